The molecule has 0 aromatic heterocycles. The molecule has 2 aliphatic heterocycles. The van der Waals surface area contributed by atoms with E-state index in [0.717, 1.165) is 84.1 Å². The fourth-order valence-electron chi connectivity index (χ4n) is 9.60. The van der Waals surface area contributed by atoms with Gasteiger partial charge in [-0.15, -0.1) is 0 Å². The van der Waals surface area contributed by atoms with Gasteiger partial charge in [-0.25, -0.2) is 0 Å². The van der Waals surface area contributed by atoms with Crippen LogP contribution in [0.15, 0.2) is 229 Å². The quantitative estimate of drug-likeness (QED) is 0.109. The van der Waals surface area contributed by atoms with Crippen LogP contribution in [0.4, 0.5) is 28.4 Å². The summed E-state index contributed by atoms with van der Waals surface area (Å²) in [6.07, 6.45) is 1.78. The number of hydrogen-bond acceptors (Lipinski definition) is 6. The monoisotopic (exact) mass is 852 g/mol. The number of nitrogen functional groups attached to an aromatic ring is 2. The van der Waals surface area contributed by atoms with E-state index in [1.165, 1.54) is 16.7 Å². The van der Waals surface area contributed by atoms with Crippen LogP contribution in [0.1, 0.15) is 29.8 Å². The zero-order valence-corrected chi connectivity index (χ0v) is 36.6. The molecule has 0 saturated carbocycles. The summed E-state index contributed by atoms with van der Waals surface area (Å²) in [6.45, 7) is 2.20. The minimum Gasteiger partial charge on any atom is -0.398 e. The van der Waals surface area contributed by atoms with Crippen molar-refractivity contribution in [3.63, 3.8) is 0 Å². The number of benzene rings is 9. The third-order valence-corrected chi connectivity index (χ3v) is 12.7. The van der Waals surface area contributed by atoms with Crippen molar-refractivity contribution in [2.45, 2.75) is 19.3 Å². The van der Waals surface area contributed by atoms with Gasteiger partial charge >= 0.3 is 0 Å². The zero-order chi connectivity index (χ0) is 44.6. The van der Waals surface area contributed by atoms with Crippen molar-refractivity contribution in [2.75, 3.05) is 21.7 Å². The van der Waals surface area contributed by atoms with Crippen LogP contribution in [-0.2, 0) is 0 Å². The van der Waals surface area contributed by atoms with Crippen LogP contribution in [0.25, 0.3) is 61.3 Å². The van der Waals surface area contributed by atoms with Gasteiger partial charge in [0.15, 0.2) is 0 Å². The van der Waals surface area contributed by atoms with Gasteiger partial charge in [0, 0.05) is 39.3 Å². The fourth-order valence-corrected chi connectivity index (χ4v) is 9.60. The predicted octanol–water partition coefficient (Wildman–Crippen LogP) is 14.2. The van der Waals surface area contributed by atoms with Crippen molar-refractivity contribution in [1.29, 1.82) is 0 Å². The second-order valence-electron chi connectivity index (χ2n) is 16.9. The maximum Gasteiger partial charge on any atom is 0.145 e. The zero-order valence-electron chi connectivity index (χ0n) is 36.6. The summed E-state index contributed by atoms with van der Waals surface area (Å²) in [5.74, 6) is 0. The van der Waals surface area contributed by atoms with Crippen LogP contribution < -0.4 is 27.0 Å². The van der Waals surface area contributed by atoms with Crippen LogP contribution in [-0.4, -0.2) is 11.9 Å². The molecule has 0 aliphatic carbocycles. The van der Waals surface area contributed by atoms with E-state index in [4.69, 9.17) is 16.5 Å². The first-order valence-electron chi connectivity index (χ1n) is 22.5. The second-order valence-corrected chi connectivity index (χ2v) is 16.9. The van der Waals surface area contributed by atoms with E-state index in [1.54, 1.807) is 0 Å². The first kappa shape index (κ1) is 40.2. The molecule has 2 heterocycles. The Morgan fingerprint density at radius 3 is 1.62 bits per heavy atom. The van der Waals surface area contributed by atoms with Crippen molar-refractivity contribution < 1.29 is 0 Å². The van der Waals surface area contributed by atoms with Gasteiger partial charge < -0.3 is 27.0 Å². The summed E-state index contributed by atoms with van der Waals surface area (Å²) >= 11 is 0. The molecule has 0 bridgehead atoms. The van der Waals surface area contributed by atoms with Crippen LogP contribution in [0.3, 0.4) is 0 Å². The SMILES string of the molecule is CC1Nc2cc(-c3ccccc3)c(-c3ccccc3)cc2N1c1cccc(N)c1-c1cccc(-c2c(N)cccc2C2=CC(c3cccc(-c4ccccc4)c3)=NC(c3ccccc3)N2)c1. The Morgan fingerprint density at radius 2 is 0.939 bits per heavy atom. The molecule has 0 spiro atoms. The normalized spacial score (nSPS) is 15.3. The number of fused-ring (bicyclic) bond motifs is 1. The molecule has 0 fully saturated rings. The summed E-state index contributed by atoms with van der Waals surface area (Å²) in [5.41, 5.74) is 34.4. The van der Waals surface area contributed by atoms with Gasteiger partial charge in [0.25, 0.3) is 0 Å². The first-order chi connectivity index (χ1) is 32.5. The molecule has 11 rings (SSSR count). The average molecular weight is 853 g/mol. The summed E-state index contributed by atoms with van der Waals surface area (Å²) in [5, 5.41) is 7.61. The lowest BCUT2D eigenvalue weighted by Crippen LogP contribution is -2.28. The van der Waals surface area contributed by atoms with Crippen molar-refractivity contribution >= 4 is 39.8 Å². The third-order valence-electron chi connectivity index (χ3n) is 12.7. The molecular formula is C60H48N6. The van der Waals surface area contributed by atoms with E-state index >= 15 is 0 Å². The molecule has 9 aromatic carbocycles. The lowest BCUT2D eigenvalue weighted by molar-refractivity contribution is 0.664. The van der Waals surface area contributed by atoms with Gasteiger partial charge in [0.05, 0.1) is 22.8 Å². The number of nitrogens with one attached hydrogen (secondary N) is 2. The highest BCUT2D eigenvalue weighted by Gasteiger charge is 2.31. The van der Waals surface area contributed by atoms with Gasteiger partial charge in [-0.3, -0.25) is 4.99 Å². The first-order valence-corrected chi connectivity index (χ1v) is 22.5. The molecule has 9 aromatic rings. The van der Waals surface area contributed by atoms with Crippen molar-refractivity contribution in [3.05, 3.63) is 241 Å². The molecule has 0 radical (unpaired) electrons. The van der Waals surface area contributed by atoms with Crippen LogP contribution in [0.5, 0.6) is 0 Å². The predicted molar refractivity (Wildman–Crippen MR) is 277 cm³/mol. The second kappa shape index (κ2) is 17.2. The topological polar surface area (TPSA) is 91.7 Å². The fraction of sp³-hybridized carbons (Fsp3) is 0.0500. The van der Waals surface area contributed by atoms with Gasteiger partial charge in [0.2, 0.25) is 0 Å². The molecule has 318 valence electrons. The third kappa shape index (κ3) is 7.54. The maximum absolute atomic E-state index is 7.06. The van der Waals surface area contributed by atoms with E-state index < -0.39 is 0 Å². The summed E-state index contributed by atoms with van der Waals surface area (Å²) in [6, 6.07) is 76.3. The number of nitrogens with two attached hydrogens (primary N) is 2. The summed E-state index contributed by atoms with van der Waals surface area (Å²) in [7, 11) is 0. The van der Waals surface area contributed by atoms with E-state index in [1.807, 2.05) is 36.4 Å². The number of rotatable bonds is 9. The lowest BCUT2D eigenvalue weighted by Gasteiger charge is -2.28. The van der Waals surface area contributed by atoms with Gasteiger partial charge in [0.1, 0.15) is 12.3 Å². The molecule has 2 aliphatic rings. The van der Waals surface area contributed by atoms with E-state index in [0.29, 0.717) is 11.4 Å². The Morgan fingerprint density at radius 1 is 0.424 bits per heavy atom. The van der Waals surface area contributed by atoms with Gasteiger partial charge in [-0.2, -0.15) is 0 Å². The highest BCUT2D eigenvalue weighted by Crippen LogP contribution is 2.50. The maximum atomic E-state index is 7.06. The van der Waals surface area contributed by atoms with Gasteiger partial charge in [-0.1, -0.05) is 176 Å². The molecule has 2 unspecified atom stereocenters. The van der Waals surface area contributed by atoms with Crippen molar-refractivity contribution in [2.24, 2.45) is 4.99 Å². The summed E-state index contributed by atoms with van der Waals surface area (Å²) < 4.78 is 0. The Balaban J connectivity index is 1.01. The molecular weight excluding hydrogens is 805 g/mol. The number of nitrogens with zero attached hydrogens (tertiary/aromatic N) is 2. The Kier molecular flexibility index (Phi) is 10.5. The highest BCUT2D eigenvalue weighted by atomic mass is 15.3. The van der Waals surface area contributed by atoms with E-state index in [-0.39, 0.29) is 12.3 Å². The van der Waals surface area contributed by atoms with E-state index in [2.05, 4.69) is 211 Å². The van der Waals surface area contributed by atoms with Crippen molar-refractivity contribution in [3.8, 4) is 55.6 Å². The molecule has 2 atom stereocenters. The Bertz CT molecular complexity index is 3290. The molecule has 6 N–H and O–H groups in total. The number of anilines is 5. The highest BCUT2D eigenvalue weighted by molar-refractivity contribution is 6.14. The lowest BCUT2D eigenvalue weighted by atomic mass is 9.90. The number of aliphatic imine (C=N–C) groups is 1. The molecule has 6 nitrogen and oxygen atoms in total. The Labute approximate surface area is 386 Å². The molecule has 0 amide bonds. The molecule has 6 heteroatoms. The minimum absolute atomic E-state index is 0.0548. The molecule has 66 heavy (non-hydrogen) atoms. The number of hydrogen-bond donors (Lipinski definition) is 4. The average Bonchev–Trinajstić information content (AvgIpc) is 3.71. The smallest absolute Gasteiger partial charge is 0.145 e. The standard InChI is InChI=1S/C60H48N6/c1-39-63-55-36-49(41-20-8-3-9-21-41)50(42-22-10-4-11-23-42)37-57(55)66(39)56-33-17-32-52(62)59(56)47-29-15-28-46(35-47)58-48(30-16-31-51(58)61)54-38-53(64-60(65-54)43-24-12-5-13-25-43)45-27-14-26-44(34-45)40-18-6-2-7-19-40/h2-39,60,63,65H,61-62H2,1H3. The summed E-state index contributed by atoms with van der Waals surface area (Å²) in [4.78, 5) is 7.69. The van der Waals surface area contributed by atoms with Crippen LogP contribution in [0.2, 0.25) is 0 Å². The minimum atomic E-state index is -0.320. The van der Waals surface area contributed by atoms with Crippen molar-refractivity contribution in [1.82, 2.24) is 5.32 Å². The largest absolute Gasteiger partial charge is 0.398 e. The molecule has 0 saturated heterocycles. The Hall–Kier alpha value is -8.61. The van der Waals surface area contributed by atoms with Crippen LogP contribution >= 0.6 is 0 Å². The van der Waals surface area contributed by atoms with Crippen LogP contribution in [0, 0.1) is 0 Å². The number of allylic oxidation sites excluding steroid dienone is 1. The van der Waals surface area contributed by atoms with E-state index in [9.17, 15) is 0 Å². The van der Waals surface area contributed by atoms with Gasteiger partial charge in [-0.05, 0) is 106 Å².